The van der Waals surface area contributed by atoms with E-state index >= 15 is 0 Å². The number of aryl methyl sites for hydroxylation is 2. The zero-order valence-electron chi connectivity index (χ0n) is 16.6. The fourth-order valence-corrected chi connectivity index (χ4v) is 5.15. The third-order valence-electron chi connectivity index (χ3n) is 6.74. The Morgan fingerprint density at radius 1 is 1.15 bits per heavy atom. The van der Waals surface area contributed by atoms with Gasteiger partial charge in [0.05, 0.1) is 0 Å². The number of likely N-dealkylation sites (tertiary alicyclic amines) is 2. The van der Waals surface area contributed by atoms with Crippen molar-refractivity contribution in [2.24, 2.45) is 0 Å². The van der Waals surface area contributed by atoms with Crippen LogP contribution in [0.2, 0.25) is 0 Å². The fourth-order valence-electron chi connectivity index (χ4n) is 5.15. The van der Waals surface area contributed by atoms with E-state index in [1.54, 1.807) is 0 Å². The molecule has 1 aromatic heterocycles. The van der Waals surface area contributed by atoms with E-state index in [4.69, 9.17) is 0 Å². The van der Waals surface area contributed by atoms with Gasteiger partial charge in [-0.05, 0) is 83.4 Å². The van der Waals surface area contributed by atoms with E-state index in [1.807, 2.05) is 11.0 Å². The minimum Gasteiger partial charge on any atom is -0.324 e. The Hall–Kier alpha value is -1.82. The van der Waals surface area contributed by atoms with E-state index in [9.17, 15) is 9.59 Å². The van der Waals surface area contributed by atoms with Gasteiger partial charge in [0.1, 0.15) is 5.69 Å². The average Bonchev–Trinajstić information content (AvgIpc) is 3.01. The molecule has 0 bridgehead atoms. The van der Waals surface area contributed by atoms with Gasteiger partial charge in [-0.2, -0.15) is 0 Å². The average molecular weight is 373 g/mol. The Morgan fingerprint density at radius 3 is 2.59 bits per heavy atom. The number of hydrogen-bond acceptors (Lipinski definition) is 3. The van der Waals surface area contributed by atoms with E-state index < -0.39 is 0 Å². The molecule has 0 radical (unpaired) electrons. The normalized spacial score (nSPS) is 23.3. The highest BCUT2D eigenvalue weighted by Gasteiger charge is 2.38. The summed E-state index contributed by atoms with van der Waals surface area (Å²) in [5, 5.41) is 2.86. The number of aromatic amines is 1. The number of nitrogens with zero attached hydrogens (tertiary/aromatic N) is 2. The smallest absolute Gasteiger partial charge is 0.321 e. The van der Waals surface area contributed by atoms with Crippen LogP contribution < -0.4 is 10.9 Å². The summed E-state index contributed by atoms with van der Waals surface area (Å²) in [5.74, 6) is 0. The molecule has 2 amide bonds. The van der Waals surface area contributed by atoms with Crippen molar-refractivity contribution in [1.29, 1.82) is 0 Å². The van der Waals surface area contributed by atoms with E-state index in [-0.39, 0.29) is 17.1 Å². The standard InChI is InChI=1S/C21H32N4O2/c1-21(2)10-5-11-25(21)16-8-12-24(13-9-16)20(27)23-18-14-15-6-3-4-7-17(15)22-19(18)26/h14,16H,3-13H2,1-2H3,(H,22,26)(H,23,27). The number of rotatable bonds is 2. The molecule has 0 aromatic carbocycles. The van der Waals surface area contributed by atoms with Crippen LogP contribution in [0.25, 0.3) is 0 Å². The zero-order chi connectivity index (χ0) is 19.0. The first-order valence-electron chi connectivity index (χ1n) is 10.5. The van der Waals surface area contributed by atoms with Crippen molar-refractivity contribution < 1.29 is 4.79 Å². The van der Waals surface area contributed by atoms with Gasteiger partial charge in [-0.1, -0.05) is 0 Å². The lowest BCUT2D eigenvalue weighted by Crippen LogP contribution is -2.52. The van der Waals surface area contributed by atoms with Crippen LogP contribution in [0.3, 0.4) is 0 Å². The van der Waals surface area contributed by atoms with Crippen LogP contribution in [-0.2, 0) is 12.8 Å². The number of nitrogens with one attached hydrogen (secondary N) is 2. The molecule has 1 aromatic rings. The summed E-state index contributed by atoms with van der Waals surface area (Å²) in [6, 6.07) is 2.30. The molecule has 2 fully saturated rings. The molecule has 6 nitrogen and oxygen atoms in total. The Labute approximate surface area is 161 Å². The number of carbonyl (C=O) groups is 1. The van der Waals surface area contributed by atoms with Crippen molar-refractivity contribution in [3.05, 3.63) is 27.7 Å². The van der Waals surface area contributed by atoms with Crippen LogP contribution in [0.4, 0.5) is 10.5 Å². The maximum absolute atomic E-state index is 12.7. The highest BCUT2D eigenvalue weighted by molar-refractivity contribution is 5.89. The van der Waals surface area contributed by atoms with Crippen molar-refractivity contribution in [2.75, 3.05) is 25.0 Å². The van der Waals surface area contributed by atoms with Crippen LogP contribution in [-0.4, -0.2) is 52.0 Å². The number of pyridine rings is 1. The number of piperidine rings is 1. The molecule has 0 spiro atoms. The number of H-pyrrole nitrogens is 1. The lowest BCUT2D eigenvalue weighted by Gasteiger charge is -2.42. The second-order valence-electron chi connectivity index (χ2n) is 8.98. The van der Waals surface area contributed by atoms with Crippen molar-refractivity contribution in [1.82, 2.24) is 14.8 Å². The van der Waals surface area contributed by atoms with E-state index in [0.29, 0.717) is 11.7 Å². The lowest BCUT2D eigenvalue weighted by atomic mass is 9.96. The summed E-state index contributed by atoms with van der Waals surface area (Å²) in [6.07, 6.45) is 8.73. The summed E-state index contributed by atoms with van der Waals surface area (Å²) in [4.78, 5) is 32.5. The number of hydrogen-bond donors (Lipinski definition) is 2. The fraction of sp³-hybridized carbons (Fsp3) is 0.714. The molecule has 2 N–H and O–H groups in total. The first-order valence-corrected chi connectivity index (χ1v) is 10.5. The predicted molar refractivity (Wildman–Crippen MR) is 107 cm³/mol. The van der Waals surface area contributed by atoms with Gasteiger partial charge in [0.2, 0.25) is 0 Å². The lowest BCUT2D eigenvalue weighted by molar-refractivity contribution is 0.0726. The molecule has 6 heteroatoms. The molecule has 4 rings (SSSR count). The van der Waals surface area contributed by atoms with Crippen molar-refractivity contribution in [2.45, 2.75) is 76.8 Å². The summed E-state index contributed by atoms with van der Waals surface area (Å²) < 4.78 is 0. The first-order chi connectivity index (χ1) is 12.9. The number of aromatic nitrogens is 1. The van der Waals surface area contributed by atoms with Crippen LogP contribution in [0.5, 0.6) is 0 Å². The molecule has 2 aliphatic heterocycles. The van der Waals surface area contributed by atoms with E-state index in [1.165, 1.54) is 24.9 Å². The molecule has 3 heterocycles. The van der Waals surface area contributed by atoms with Crippen LogP contribution in [0.1, 0.15) is 63.6 Å². The number of fused-ring (bicyclic) bond motifs is 1. The van der Waals surface area contributed by atoms with Crippen LogP contribution >= 0.6 is 0 Å². The molecule has 1 aliphatic carbocycles. The second kappa shape index (κ2) is 7.30. The third-order valence-corrected chi connectivity index (χ3v) is 6.74. The van der Waals surface area contributed by atoms with Gasteiger partial charge in [0.25, 0.3) is 5.56 Å². The molecule has 0 saturated carbocycles. The van der Waals surface area contributed by atoms with E-state index in [2.05, 4.69) is 29.0 Å². The molecular weight excluding hydrogens is 340 g/mol. The largest absolute Gasteiger partial charge is 0.324 e. The SMILES string of the molecule is CC1(C)CCCN1C1CCN(C(=O)Nc2cc3c([nH]c2=O)CCCC3)CC1. The molecule has 2 saturated heterocycles. The van der Waals surface area contributed by atoms with Gasteiger partial charge in [0.15, 0.2) is 0 Å². The van der Waals surface area contributed by atoms with Crippen LogP contribution in [0, 0.1) is 0 Å². The monoisotopic (exact) mass is 372 g/mol. The number of carbonyl (C=O) groups excluding carboxylic acids is 1. The predicted octanol–water partition coefficient (Wildman–Crippen LogP) is 3.12. The number of anilines is 1. The topological polar surface area (TPSA) is 68.4 Å². The van der Waals surface area contributed by atoms with Crippen molar-refractivity contribution >= 4 is 11.7 Å². The Bertz CT molecular complexity index is 762. The Balaban J connectivity index is 1.37. The van der Waals surface area contributed by atoms with Crippen molar-refractivity contribution in [3.8, 4) is 0 Å². The minimum absolute atomic E-state index is 0.143. The van der Waals surface area contributed by atoms with Gasteiger partial charge in [0, 0.05) is 30.4 Å². The summed E-state index contributed by atoms with van der Waals surface area (Å²) in [6.45, 7) is 7.36. The highest BCUT2D eigenvalue weighted by Crippen LogP contribution is 2.33. The van der Waals surface area contributed by atoms with E-state index in [0.717, 1.165) is 57.3 Å². The second-order valence-corrected chi connectivity index (χ2v) is 8.98. The maximum atomic E-state index is 12.7. The number of amides is 2. The Kier molecular flexibility index (Phi) is 5.01. The van der Waals surface area contributed by atoms with Gasteiger partial charge in [-0.3, -0.25) is 9.69 Å². The Morgan fingerprint density at radius 2 is 1.89 bits per heavy atom. The maximum Gasteiger partial charge on any atom is 0.321 e. The number of urea groups is 1. The van der Waals surface area contributed by atoms with Crippen LogP contribution in [0.15, 0.2) is 10.9 Å². The highest BCUT2D eigenvalue weighted by atomic mass is 16.2. The van der Waals surface area contributed by atoms with Crippen molar-refractivity contribution in [3.63, 3.8) is 0 Å². The molecule has 0 atom stereocenters. The zero-order valence-corrected chi connectivity index (χ0v) is 16.6. The van der Waals surface area contributed by atoms with Gasteiger partial charge >= 0.3 is 6.03 Å². The molecular formula is C21H32N4O2. The molecule has 27 heavy (non-hydrogen) atoms. The van der Waals surface area contributed by atoms with Gasteiger partial charge < -0.3 is 15.2 Å². The van der Waals surface area contributed by atoms with Gasteiger partial charge in [-0.15, -0.1) is 0 Å². The molecule has 0 unspecified atom stereocenters. The summed E-state index contributed by atoms with van der Waals surface area (Å²) in [7, 11) is 0. The minimum atomic E-state index is -0.183. The molecule has 3 aliphatic rings. The molecule has 148 valence electrons. The summed E-state index contributed by atoms with van der Waals surface area (Å²) in [5.41, 5.74) is 2.71. The quantitative estimate of drug-likeness (QED) is 0.838. The first kappa shape index (κ1) is 18.5. The summed E-state index contributed by atoms with van der Waals surface area (Å²) >= 11 is 0. The van der Waals surface area contributed by atoms with Gasteiger partial charge in [-0.25, -0.2) is 4.79 Å². The third kappa shape index (κ3) is 3.77.